The average Bonchev–Trinajstić information content (AvgIpc) is 3.01. The van der Waals surface area contributed by atoms with Crippen LogP contribution in [0.15, 0.2) is 41.3 Å². The summed E-state index contributed by atoms with van der Waals surface area (Å²) in [4.78, 5) is 13.5. The third kappa shape index (κ3) is 3.87. The normalized spacial score (nSPS) is 12.1. The molecule has 0 aliphatic heterocycles. The third-order valence-electron chi connectivity index (χ3n) is 2.71. The predicted octanol–water partition coefficient (Wildman–Crippen LogP) is 1.71. The number of nitrogens with one attached hydrogen (secondary N) is 1. The van der Waals surface area contributed by atoms with Gasteiger partial charge in [0.1, 0.15) is 5.76 Å². The largest absolute Gasteiger partial charge is 0.467 e. The van der Waals surface area contributed by atoms with Gasteiger partial charge in [-0.25, -0.2) is 4.79 Å². The number of hydrogen-bond donors (Lipinski definition) is 1. The number of rotatable bonds is 5. The van der Waals surface area contributed by atoms with Gasteiger partial charge in [0, 0.05) is 25.5 Å². The molecule has 0 bridgehead atoms. The zero-order valence-electron chi connectivity index (χ0n) is 11.1. The van der Waals surface area contributed by atoms with Crippen LogP contribution in [0.5, 0.6) is 0 Å². The summed E-state index contributed by atoms with van der Waals surface area (Å²) in [6, 6.07) is 5.39. The van der Waals surface area contributed by atoms with E-state index in [4.69, 9.17) is 4.42 Å². The second-order valence-electron chi connectivity index (χ2n) is 4.51. The van der Waals surface area contributed by atoms with Crippen molar-refractivity contribution in [3.05, 3.63) is 42.6 Å². The van der Waals surface area contributed by atoms with E-state index in [0.29, 0.717) is 13.1 Å². The number of amides is 2. The summed E-state index contributed by atoms with van der Waals surface area (Å²) in [6.45, 7) is 3.04. The molecule has 2 heterocycles. The monoisotopic (exact) mass is 262 g/mol. The number of furan rings is 1. The number of nitrogens with zero attached hydrogens (tertiary/aromatic N) is 3. The van der Waals surface area contributed by atoms with Gasteiger partial charge in [-0.2, -0.15) is 5.10 Å². The first-order chi connectivity index (χ1) is 9.15. The Bertz CT molecular complexity index is 493. The molecular formula is C13H18N4O2. The number of carbonyl (C=O) groups excluding carboxylic acids is 1. The van der Waals surface area contributed by atoms with Crippen LogP contribution in [0, 0.1) is 0 Å². The highest BCUT2D eigenvalue weighted by atomic mass is 16.3. The van der Waals surface area contributed by atoms with Gasteiger partial charge in [-0.15, -0.1) is 0 Å². The molecule has 19 heavy (non-hydrogen) atoms. The van der Waals surface area contributed by atoms with Gasteiger partial charge in [-0.1, -0.05) is 0 Å². The number of urea groups is 1. The molecule has 0 saturated heterocycles. The molecule has 0 aliphatic carbocycles. The summed E-state index contributed by atoms with van der Waals surface area (Å²) in [7, 11) is 1.73. The van der Waals surface area contributed by atoms with Crippen molar-refractivity contribution in [2.24, 2.45) is 0 Å². The minimum absolute atomic E-state index is 0.00597. The lowest BCUT2D eigenvalue weighted by Crippen LogP contribution is -2.43. The lowest BCUT2D eigenvalue weighted by molar-refractivity contribution is 0.198. The van der Waals surface area contributed by atoms with Crippen LogP contribution < -0.4 is 5.32 Å². The van der Waals surface area contributed by atoms with Gasteiger partial charge in [0.2, 0.25) is 0 Å². The minimum atomic E-state index is -0.129. The van der Waals surface area contributed by atoms with Crippen LogP contribution >= 0.6 is 0 Å². The molecule has 2 rings (SSSR count). The van der Waals surface area contributed by atoms with Crippen LogP contribution in [0.25, 0.3) is 0 Å². The maximum Gasteiger partial charge on any atom is 0.317 e. The second-order valence-corrected chi connectivity index (χ2v) is 4.51. The zero-order valence-corrected chi connectivity index (χ0v) is 11.1. The summed E-state index contributed by atoms with van der Waals surface area (Å²) >= 11 is 0. The fourth-order valence-corrected chi connectivity index (χ4v) is 1.76. The van der Waals surface area contributed by atoms with Gasteiger partial charge in [-0.05, 0) is 25.1 Å². The van der Waals surface area contributed by atoms with Gasteiger partial charge in [0.25, 0.3) is 0 Å². The molecule has 0 radical (unpaired) electrons. The minimum Gasteiger partial charge on any atom is -0.467 e. The smallest absolute Gasteiger partial charge is 0.317 e. The SMILES string of the molecule is C[C@H](Cn1cccn1)NC(=O)N(C)Cc1ccco1. The van der Waals surface area contributed by atoms with E-state index in [9.17, 15) is 4.79 Å². The summed E-state index contributed by atoms with van der Waals surface area (Å²) in [5.74, 6) is 0.761. The summed E-state index contributed by atoms with van der Waals surface area (Å²) in [6.07, 6.45) is 5.19. The molecule has 6 nitrogen and oxygen atoms in total. The van der Waals surface area contributed by atoms with E-state index in [1.165, 1.54) is 0 Å². The van der Waals surface area contributed by atoms with Crippen LogP contribution in [0.1, 0.15) is 12.7 Å². The highest BCUT2D eigenvalue weighted by Gasteiger charge is 2.13. The molecule has 0 fully saturated rings. The van der Waals surface area contributed by atoms with Crippen molar-refractivity contribution in [2.45, 2.75) is 26.1 Å². The molecule has 1 atom stereocenters. The van der Waals surface area contributed by atoms with Gasteiger partial charge in [0.15, 0.2) is 0 Å². The molecule has 6 heteroatoms. The Morgan fingerprint density at radius 2 is 2.42 bits per heavy atom. The quantitative estimate of drug-likeness (QED) is 0.892. The van der Waals surface area contributed by atoms with Crippen molar-refractivity contribution in [3.63, 3.8) is 0 Å². The molecule has 0 aromatic carbocycles. The standard InChI is InChI=1S/C13H18N4O2/c1-11(9-17-7-4-6-14-17)15-13(18)16(2)10-12-5-3-8-19-12/h3-8,11H,9-10H2,1-2H3,(H,15,18)/t11-/m1/s1. The summed E-state index contributed by atoms with van der Waals surface area (Å²) in [5, 5.41) is 7.02. The highest BCUT2D eigenvalue weighted by Crippen LogP contribution is 2.04. The summed E-state index contributed by atoms with van der Waals surface area (Å²) < 4.78 is 7.00. The van der Waals surface area contributed by atoms with Crippen molar-refractivity contribution in [1.82, 2.24) is 20.0 Å². The van der Waals surface area contributed by atoms with E-state index in [1.54, 1.807) is 35.2 Å². The molecule has 1 N–H and O–H groups in total. The maximum absolute atomic E-state index is 12.0. The Kier molecular flexibility index (Phi) is 4.22. The lowest BCUT2D eigenvalue weighted by atomic mass is 10.3. The third-order valence-corrected chi connectivity index (χ3v) is 2.71. The fourth-order valence-electron chi connectivity index (χ4n) is 1.76. The molecule has 2 aromatic heterocycles. The van der Waals surface area contributed by atoms with Gasteiger partial charge < -0.3 is 14.6 Å². The summed E-state index contributed by atoms with van der Waals surface area (Å²) in [5.41, 5.74) is 0. The highest BCUT2D eigenvalue weighted by molar-refractivity contribution is 5.74. The Balaban J connectivity index is 1.79. The molecule has 0 unspecified atom stereocenters. The van der Waals surface area contributed by atoms with E-state index in [1.807, 2.05) is 25.3 Å². The fraction of sp³-hybridized carbons (Fsp3) is 0.385. The van der Waals surface area contributed by atoms with Crippen LogP contribution in [-0.4, -0.2) is 33.8 Å². The average molecular weight is 262 g/mol. The van der Waals surface area contributed by atoms with Gasteiger partial charge in [0.05, 0.1) is 19.4 Å². The first-order valence-corrected chi connectivity index (χ1v) is 6.16. The van der Waals surface area contributed by atoms with Crippen molar-refractivity contribution >= 4 is 6.03 Å². The van der Waals surface area contributed by atoms with Gasteiger partial charge >= 0.3 is 6.03 Å². The Morgan fingerprint density at radius 3 is 3.05 bits per heavy atom. The van der Waals surface area contributed by atoms with Crippen molar-refractivity contribution < 1.29 is 9.21 Å². The predicted molar refractivity (Wildman–Crippen MR) is 70.4 cm³/mol. The Morgan fingerprint density at radius 1 is 1.58 bits per heavy atom. The van der Waals surface area contributed by atoms with Crippen LogP contribution in [0.3, 0.4) is 0 Å². The van der Waals surface area contributed by atoms with Gasteiger partial charge in [-0.3, -0.25) is 4.68 Å². The molecule has 0 saturated carbocycles. The molecule has 102 valence electrons. The van der Waals surface area contributed by atoms with Crippen LogP contribution in [0.4, 0.5) is 4.79 Å². The van der Waals surface area contributed by atoms with E-state index in [-0.39, 0.29) is 12.1 Å². The molecule has 0 spiro atoms. The lowest BCUT2D eigenvalue weighted by Gasteiger charge is -2.20. The van der Waals surface area contributed by atoms with Crippen molar-refractivity contribution in [3.8, 4) is 0 Å². The maximum atomic E-state index is 12.0. The molecule has 2 aromatic rings. The number of aromatic nitrogens is 2. The van der Waals surface area contributed by atoms with E-state index in [0.717, 1.165) is 5.76 Å². The van der Waals surface area contributed by atoms with E-state index >= 15 is 0 Å². The number of hydrogen-bond acceptors (Lipinski definition) is 3. The van der Waals surface area contributed by atoms with Crippen molar-refractivity contribution in [1.29, 1.82) is 0 Å². The Hall–Kier alpha value is -2.24. The molecule has 0 aliphatic rings. The topological polar surface area (TPSA) is 63.3 Å². The first-order valence-electron chi connectivity index (χ1n) is 6.16. The second kappa shape index (κ2) is 6.08. The zero-order chi connectivity index (χ0) is 13.7. The van der Waals surface area contributed by atoms with Crippen LogP contribution in [0.2, 0.25) is 0 Å². The van der Waals surface area contributed by atoms with E-state index in [2.05, 4.69) is 10.4 Å². The first kappa shape index (κ1) is 13.2. The van der Waals surface area contributed by atoms with Crippen molar-refractivity contribution in [2.75, 3.05) is 7.05 Å². The Labute approximate surface area is 112 Å². The molecule has 2 amide bonds. The molecular weight excluding hydrogens is 244 g/mol. The van der Waals surface area contributed by atoms with E-state index < -0.39 is 0 Å². The number of carbonyl (C=O) groups is 1. The van der Waals surface area contributed by atoms with Crippen LogP contribution in [-0.2, 0) is 13.1 Å².